The highest BCUT2D eigenvalue weighted by atomic mass is 19.4. The van der Waals surface area contributed by atoms with Gasteiger partial charge >= 0.3 is 12.4 Å². The minimum Gasteiger partial charge on any atom is -0.495 e. The lowest BCUT2D eigenvalue weighted by Gasteiger charge is -2.39. The third-order valence-electron chi connectivity index (χ3n) is 6.67. The zero-order chi connectivity index (χ0) is 25.8. The topological polar surface area (TPSA) is 80.3 Å². The highest BCUT2D eigenvalue weighted by Crippen LogP contribution is 2.40. The fraction of sp³-hybridized carbons (Fsp3) is 0.440. The van der Waals surface area contributed by atoms with Crippen molar-refractivity contribution in [2.75, 3.05) is 45.2 Å². The summed E-state index contributed by atoms with van der Waals surface area (Å²) < 4.78 is 51.4. The molecule has 2 aliphatic rings. The fourth-order valence-electron chi connectivity index (χ4n) is 4.66. The standard InChI is InChI=1S/C25H28F3N3O5/c1-34-21-5-3-2-4-20(21)29-23(33)30-13-10-24(11-14-30)12-15-31(17-24)22(32)16-35-18-6-8-19(9-7-18)36-25(26,27)28/h2-9H,10-17H2,1H3,(H,29,33). The number of nitrogens with zero attached hydrogens (tertiary/aromatic N) is 2. The van der Waals surface area contributed by atoms with E-state index in [9.17, 15) is 22.8 Å². The van der Waals surface area contributed by atoms with Crippen molar-refractivity contribution >= 4 is 17.6 Å². The molecule has 2 aromatic carbocycles. The molecule has 0 unspecified atom stereocenters. The molecule has 0 atom stereocenters. The predicted octanol–water partition coefficient (Wildman–Crippen LogP) is 4.52. The summed E-state index contributed by atoms with van der Waals surface area (Å²) in [4.78, 5) is 28.9. The van der Waals surface area contributed by atoms with Gasteiger partial charge in [-0.1, -0.05) is 12.1 Å². The molecule has 8 nitrogen and oxygen atoms in total. The Hall–Kier alpha value is -3.63. The highest BCUT2D eigenvalue weighted by Gasteiger charge is 2.42. The van der Waals surface area contributed by atoms with E-state index in [2.05, 4.69) is 10.1 Å². The fourth-order valence-corrected chi connectivity index (χ4v) is 4.66. The number of amides is 3. The lowest BCUT2D eigenvalue weighted by atomic mass is 9.78. The molecule has 3 amide bonds. The third kappa shape index (κ3) is 6.32. The van der Waals surface area contributed by atoms with Crippen LogP contribution in [0, 0.1) is 5.41 Å². The first kappa shape index (κ1) is 25.5. The average Bonchev–Trinajstić information content (AvgIpc) is 3.26. The van der Waals surface area contributed by atoms with Crippen LogP contribution in [0.4, 0.5) is 23.7 Å². The van der Waals surface area contributed by atoms with Gasteiger partial charge in [0, 0.05) is 26.2 Å². The molecule has 2 saturated heterocycles. The Kier molecular flexibility index (Phi) is 7.46. The Balaban J connectivity index is 1.23. The maximum absolute atomic E-state index is 12.7. The molecule has 2 heterocycles. The second-order valence-electron chi connectivity index (χ2n) is 8.99. The number of carbonyl (C=O) groups is 2. The Morgan fingerprint density at radius 2 is 1.56 bits per heavy atom. The number of alkyl halides is 3. The molecular formula is C25H28F3N3O5. The number of hydrogen-bond acceptors (Lipinski definition) is 5. The van der Waals surface area contributed by atoms with Crippen LogP contribution in [0.25, 0.3) is 0 Å². The number of urea groups is 1. The number of halogens is 3. The van der Waals surface area contributed by atoms with Gasteiger partial charge in [-0.05, 0) is 61.1 Å². The second-order valence-corrected chi connectivity index (χ2v) is 8.99. The first-order valence-electron chi connectivity index (χ1n) is 11.6. The zero-order valence-corrected chi connectivity index (χ0v) is 19.8. The van der Waals surface area contributed by atoms with Gasteiger partial charge in [-0.25, -0.2) is 4.79 Å². The maximum atomic E-state index is 12.7. The summed E-state index contributed by atoms with van der Waals surface area (Å²) in [6.45, 7) is 2.17. The van der Waals surface area contributed by atoms with Crippen molar-refractivity contribution in [3.8, 4) is 17.2 Å². The van der Waals surface area contributed by atoms with Crippen LogP contribution in [0.5, 0.6) is 17.2 Å². The van der Waals surface area contributed by atoms with Crippen LogP contribution >= 0.6 is 0 Å². The number of carbonyl (C=O) groups excluding carboxylic acids is 2. The number of piperidine rings is 1. The predicted molar refractivity (Wildman–Crippen MR) is 125 cm³/mol. The van der Waals surface area contributed by atoms with E-state index >= 15 is 0 Å². The number of benzene rings is 2. The van der Waals surface area contributed by atoms with Crippen LogP contribution in [-0.2, 0) is 4.79 Å². The Morgan fingerprint density at radius 1 is 0.944 bits per heavy atom. The third-order valence-corrected chi connectivity index (χ3v) is 6.67. The summed E-state index contributed by atoms with van der Waals surface area (Å²) in [7, 11) is 1.55. The lowest BCUT2D eigenvalue weighted by Crippen LogP contribution is -2.46. The van der Waals surface area contributed by atoms with Gasteiger partial charge in [0.05, 0.1) is 12.8 Å². The summed E-state index contributed by atoms with van der Waals surface area (Å²) in [5.74, 6) is 0.336. The Labute approximate surface area is 206 Å². The van der Waals surface area contributed by atoms with Crippen molar-refractivity contribution in [2.45, 2.75) is 25.6 Å². The average molecular weight is 508 g/mol. The number of anilines is 1. The monoisotopic (exact) mass is 507 g/mol. The molecule has 1 spiro atoms. The molecule has 0 bridgehead atoms. The first-order valence-corrected chi connectivity index (χ1v) is 11.6. The molecule has 0 saturated carbocycles. The van der Waals surface area contributed by atoms with Gasteiger partial charge in [0.2, 0.25) is 0 Å². The number of nitrogens with one attached hydrogen (secondary N) is 1. The Bertz CT molecular complexity index is 1070. The van der Waals surface area contributed by atoms with Gasteiger partial charge in [-0.2, -0.15) is 0 Å². The summed E-state index contributed by atoms with van der Waals surface area (Å²) >= 11 is 0. The molecule has 0 aromatic heterocycles. The normalized spacial score (nSPS) is 17.1. The van der Waals surface area contributed by atoms with Crippen molar-refractivity contribution in [3.05, 3.63) is 48.5 Å². The van der Waals surface area contributed by atoms with Crippen LogP contribution in [0.1, 0.15) is 19.3 Å². The van der Waals surface area contributed by atoms with Crippen LogP contribution in [0.15, 0.2) is 48.5 Å². The molecule has 36 heavy (non-hydrogen) atoms. The van der Waals surface area contributed by atoms with Gasteiger partial charge < -0.3 is 29.3 Å². The van der Waals surface area contributed by atoms with Gasteiger partial charge in [0.25, 0.3) is 5.91 Å². The summed E-state index contributed by atoms with van der Waals surface area (Å²) in [6, 6.07) is 12.0. The van der Waals surface area contributed by atoms with Crippen molar-refractivity contribution < 1.29 is 37.0 Å². The van der Waals surface area contributed by atoms with E-state index in [4.69, 9.17) is 9.47 Å². The number of ether oxygens (including phenoxy) is 3. The minimum absolute atomic E-state index is 0.0343. The molecule has 0 aliphatic carbocycles. The lowest BCUT2D eigenvalue weighted by molar-refractivity contribution is -0.274. The van der Waals surface area contributed by atoms with Crippen LogP contribution in [0.2, 0.25) is 0 Å². The smallest absolute Gasteiger partial charge is 0.495 e. The van der Waals surface area contributed by atoms with E-state index in [1.54, 1.807) is 29.0 Å². The van der Waals surface area contributed by atoms with E-state index in [1.807, 2.05) is 12.1 Å². The van der Waals surface area contributed by atoms with Crippen molar-refractivity contribution in [1.82, 2.24) is 9.80 Å². The number of rotatable bonds is 6. The van der Waals surface area contributed by atoms with E-state index in [0.29, 0.717) is 37.6 Å². The molecule has 0 radical (unpaired) electrons. The van der Waals surface area contributed by atoms with E-state index in [-0.39, 0.29) is 35.5 Å². The van der Waals surface area contributed by atoms with E-state index in [1.165, 1.54) is 12.1 Å². The van der Waals surface area contributed by atoms with E-state index < -0.39 is 6.36 Å². The molecule has 2 aromatic rings. The van der Waals surface area contributed by atoms with Crippen LogP contribution < -0.4 is 19.5 Å². The second kappa shape index (κ2) is 10.5. The quantitative estimate of drug-likeness (QED) is 0.622. The molecule has 194 valence electrons. The SMILES string of the molecule is COc1ccccc1NC(=O)N1CCC2(CCN(C(=O)COc3ccc(OC(F)(F)F)cc3)C2)CC1. The number of likely N-dealkylation sites (tertiary alicyclic amines) is 2. The molecule has 2 fully saturated rings. The summed E-state index contributed by atoms with van der Waals surface area (Å²) in [5, 5.41) is 2.90. The first-order chi connectivity index (χ1) is 17.2. The molecule has 4 rings (SSSR count). The van der Waals surface area contributed by atoms with Crippen molar-refractivity contribution in [2.24, 2.45) is 5.41 Å². The maximum Gasteiger partial charge on any atom is 0.573 e. The highest BCUT2D eigenvalue weighted by molar-refractivity contribution is 5.91. The summed E-state index contributed by atoms with van der Waals surface area (Å²) in [6.07, 6.45) is -2.33. The van der Waals surface area contributed by atoms with Gasteiger partial charge in [-0.3, -0.25) is 4.79 Å². The molecule has 2 aliphatic heterocycles. The van der Waals surface area contributed by atoms with E-state index in [0.717, 1.165) is 31.4 Å². The van der Waals surface area contributed by atoms with Crippen LogP contribution in [-0.4, -0.2) is 68.0 Å². The minimum atomic E-state index is -4.76. The number of hydrogen-bond donors (Lipinski definition) is 1. The number of methoxy groups -OCH3 is 1. The van der Waals surface area contributed by atoms with Crippen molar-refractivity contribution in [1.29, 1.82) is 0 Å². The number of para-hydroxylation sites is 2. The van der Waals surface area contributed by atoms with Crippen molar-refractivity contribution in [3.63, 3.8) is 0 Å². The molecular weight excluding hydrogens is 479 g/mol. The van der Waals surface area contributed by atoms with Gasteiger partial charge in [0.1, 0.15) is 17.2 Å². The Morgan fingerprint density at radius 3 is 2.19 bits per heavy atom. The van der Waals surface area contributed by atoms with Gasteiger partial charge in [0.15, 0.2) is 6.61 Å². The largest absolute Gasteiger partial charge is 0.573 e. The summed E-state index contributed by atoms with van der Waals surface area (Å²) in [5.41, 5.74) is 0.582. The van der Waals surface area contributed by atoms with Gasteiger partial charge in [-0.15, -0.1) is 13.2 Å². The molecule has 1 N–H and O–H groups in total. The zero-order valence-electron chi connectivity index (χ0n) is 19.8. The van der Waals surface area contributed by atoms with Crippen LogP contribution in [0.3, 0.4) is 0 Å². The molecule has 11 heteroatoms.